The summed E-state index contributed by atoms with van der Waals surface area (Å²) in [6.07, 6.45) is -2.64. The van der Waals surface area contributed by atoms with Crippen molar-refractivity contribution in [1.82, 2.24) is 4.90 Å². The van der Waals surface area contributed by atoms with Crippen LogP contribution in [0.2, 0.25) is 0 Å². The Morgan fingerprint density at radius 1 is 1.29 bits per heavy atom. The SMILES string of the molecule is O=C1CC(=O)N(C(=O)O)[C@@H](C(=O)O)C1. The molecule has 1 heterocycles. The number of likely N-dealkylation sites (tertiary alicyclic amines) is 1. The van der Waals surface area contributed by atoms with E-state index in [1.165, 1.54) is 0 Å². The quantitative estimate of drug-likeness (QED) is 0.543. The van der Waals surface area contributed by atoms with E-state index in [-0.39, 0.29) is 4.90 Å². The van der Waals surface area contributed by atoms with Gasteiger partial charge in [-0.1, -0.05) is 0 Å². The number of aliphatic carboxylic acids is 1. The van der Waals surface area contributed by atoms with Crippen LogP contribution in [0.3, 0.4) is 0 Å². The number of rotatable bonds is 1. The van der Waals surface area contributed by atoms with Gasteiger partial charge < -0.3 is 10.2 Å². The molecule has 0 spiro atoms. The second kappa shape index (κ2) is 3.44. The third-order valence-corrected chi connectivity index (χ3v) is 1.84. The average molecular weight is 201 g/mol. The van der Waals surface area contributed by atoms with Crippen molar-refractivity contribution in [2.75, 3.05) is 0 Å². The Balaban J connectivity index is 2.97. The third-order valence-electron chi connectivity index (χ3n) is 1.84. The first kappa shape index (κ1) is 10.2. The Bertz CT molecular complexity index is 322. The van der Waals surface area contributed by atoms with E-state index in [0.717, 1.165) is 0 Å². The number of carboxylic acids is 1. The van der Waals surface area contributed by atoms with Crippen LogP contribution < -0.4 is 0 Å². The van der Waals surface area contributed by atoms with E-state index in [0.29, 0.717) is 0 Å². The number of carbonyl (C=O) groups is 4. The fourth-order valence-corrected chi connectivity index (χ4v) is 1.24. The normalized spacial score (nSPS) is 22.3. The lowest BCUT2D eigenvalue weighted by atomic mass is 10.0. The first-order valence-corrected chi connectivity index (χ1v) is 3.73. The van der Waals surface area contributed by atoms with Gasteiger partial charge in [-0.15, -0.1) is 0 Å². The number of carbonyl (C=O) groups excluding carboxylic acids is 2. The number of Topliss-reactive ketones (excluding diaryl/α,β-unsaturated/α-hetero) is 1. The van der Waals surface area contributed by atoms with Crippen molar-refractivity contribution in [1.29, 1.82) is 0 Å². The zero-order valence-electron chi connectivity index (χ0n) is 6.97. The first-order chi connectivity index (χ1) is 6.43. The Labute approximate surface area is 77.9 Å². The monoisotopic (exact) mass is 201 g/mol. The van der Waals surface area contributed by atoms with Gasteiger partial charge >= 0.3 is 12.1 Å². The van der Waals surface area contributed by atoms with Crippen LogP contribution in [0, 0.1) is 0 Å². The summed E-state index contributed by atoms with van der Waals surface area (Å²) in [5, 5.41) is 17.1. The standard InChI is InChI=1S/C7H7NO6/c9-3-1-4(6(11)12)8(7(13)14)5(10)2-3/h4H,1-2H2,(H,11,12)(H,13,14)/t4-/m1/s1. The minimum atomic E-state index is -1.64. The average Bonchev–Trinajstić information content (AvgIpc) is 2.01. The highest BCUT2D eigenvalue weighted by atomic mass is 16.4. The van der Waals surface area contributed by atoms with Crippen molar-refractivity contribution >= 4 is 23.8 Å². The van der Waals surface area contributed by atoms with Crippen LogP contribution in [-0.2, 0) is 14.4 Å². The molecule has 1 saturated heterocycles. The summed E-state index contributed by atoms with van der Waals surface area (Å²) in [4.78, 5) is 43.1. The molecule has 1 atom stereocenters. The minimum absolute atomic E-state index is 0.184. The summed E-state index contributed by atoms with van der Waals surface area (Å²) in [5.74, 6) is -3.03. The lowest BCUT2D eigenvalue weighted by Gasteiger charge is -2.27. The maximum absolute atomic E-state index is 11.0. The first-order valence-electron chi connectivity index (χ1n) is 3.73. The van der Waals surface area contributed by atoms with Gasteiger partial charge in [0, 0.05) is 6.42 Å². The summed E-state index contributed by atoms with van der Waals surface area (Å²) in [6.45, 7) is 0. The molecule has 0 radical (unpaired) electrons. The van der Waals surface area contributed by atoms with E-state index in [2.05, 4.69) is 0 Å². The van der Waals surface area contributed by atoms with Crippen molar-refractivity contribution < 1.29 is 29.4 Å². The highest BCUT2D eigenvalue weighted by molar-refractivity contribution is 6.09. The predicted molar refractivity (Wildman–Crippen MR) is 40.5 cm³/mol. The molecule has 2 amide bonds. The van der Waals surface area contributed by atoms with E-state index in [1.54, 1.807) is 0 Å². The Kier molecular flexibility index (Phi) is 2.50. The van der Waals surface area contributed by atoms with Crippen molar-refractivity contribution in [2.45, 2.75) is 18.9 Å². The third kappa shape index (κ3) is 1.70. The molecule has 1 aliphatic rings. The summed E-state index contributed by atoms with van der Waals surface area (Å²) in [5.41, 5.74) is 0. The highest BCUT2D eigenvalue weighted by Gasteiger charge is 2.41. The Morgan fingerprint density at radius 2 is 1.86 bits per heavy atom. The van der Waals surface area contributed by atoms with Gasteiger partial charge in [-0.2, -0.15) is 0 Å². The molecule has 1 aliphatic heterocycles. The molecular formula is C7H7NO6. The van der Waals surface area contributed by atoms with E-state index >= 15 is 0 Å². The molecular weight excluding hydrogens is 194 g/mol. The number of imide groups is 1. The van der Waals surface area contributed by atoms with Crippen LogP contribution in [0.1, 0.15) is 12.8 Å². The largest absolute Gasteiger partial charge is 0.480 e. The van der Waals surface area contributed by atoms with Crippen LogP contribution >= 0.6 is 0 Å². The van der Waals surface area contributed by atoms with Gasteiger partial charge in [-0.3, -0.25) is 9.59 Å². The van der Waals surface area contributed by atoms with Crippen LogP contribution in [0.5, 0.6) is 0 Å². The summed E-state index contributed by atoms with van der Waals surface area (Å²) in [6, 6.07) is -1.58. The molecule has 0 aromatic carbocycles. The Hall–Kier alpha value is -1.92. The van der Waals surface area contributed by atoms with Crippen LogP contribution in [0.4, 0.5) is 4.79 Å². The highest BCUT2D eigenvalue weighted by Crippen LogP contribution is 2.15. The van der Waals surface area contributed by atoms with E-state index in [9.17, 15) is 19.2 Å². The van der Waals surface area contributed by atoms with Crippen molar-refractivity contribution in [3.8, 4) is 0 Å². The van der Waals surface area contributed by atoms with Gasteiger partial charge in [0.1, 0.15) is 11.8 Å². The van der Waals surface area contributed by atoms with Crippen molar-refractivity contribution in [3.05, 3.63) is 0 Å². The number of hydrogen-bond acceptors (Lipinski definition) is 4. The van der Waals surface area contributed by atoms with Gasteiger partial charge in [0.25, 0.3) is 0 Å². The minimum Gasteiger partial charge on any atom is -0.480 e. The molecule has 0 aromatic rings. The molecule has 0 saturated carbocycles. The van der Waals surface area contributed by atoms with Gasteiger partial charge in [-0.05, 0) is 0 Å². The topological polar surface area (TPSA) is 112 Å². The zero-order valence-corrected chi connectivity index (χ0v) is 6.97. The Morgan fingerprint density at radius 3 is 2.29 bits per heavy atom. The zero-order chi connectivity index (χ0) is 10.9. The maximum atomic E-state index is 11.0. The number of hydrogen-bond donors (Lipinski definition) is 2. The van der Waals surface area contributed by atoms with Crippen molar-refractivity contribution in [3.63, 3.8) is 0 Å². The summed E-state index contributed by atoms with van der Waals surface area (Å²) < 4.78 is 0. The molecule has 0 bridgehead atoms. The van der Waals surface area contributed by atoms with Crippen molar-refractivity contribution in [2.24, 2.45) is 0 Å². The lowest BCUT2D eigenvalue weighted by molar-refractivity contribution is -0.154. The smallest absolute Gasteiger partial charge is 0.414 e. The summed E-state index contributed by atoms with van der Waals surface area (Å²) >= 11 is 0. The molecule has 1 fully saturated rings. The predicted octanol–water partition coefficient (Wildman–Crippen LogP) is -0.691. The number of amides is 2. The number of nitrogens with zero attached hydrogens (tertiary/aromatic N) is 1. The molecule has 0 unspecified atom stereocenters. The number of carboxylic acid groups (broad SMARTS) is 2. The second-order valence-electron chi connectivity index (χ2n) is 2.82. The van der Waals surface area contributed by atoms with Crippen LogP contribution in [-0.4, -0.2) is 44.9 Å². The molecule has 2 N–H and O–H groups in total. The van der Waals surface area contributed by atoms with E-state index in [1.807, 2.05) is 0 Å². The fraction of sp³-hybridized carbons (Fsp3) is 0.429. The molecule has 0 aromatic heterocycles. The van der Waals surface area contributed by atoms with E-state index < -0.39 is 42.6 Å². The number of piperidine rings is 1. The molecule has 0 aliphatic carbocycles. The molecule has 7 nitrogen and oxygen atoms in total. The maximum Gasteiger partial charge on any atom is 0.414 e. The molecule has 76 valence electrons. The van der Waals surface area contributed by atoms with Gasteiger partial charge in [0.2, 0.25) is 5.91 Å². The number of ketones is 1. The summed E-state index contributed by atoms with van der Waals surface area (Å²) in [7, 11) is 0. The van der Waals surface area contributed by atoms with E-state index in [4.69, 9.17) is 10.2 Å². The molecule has 14 heavy (non-hydrogen) atoms. The lowest BCUT2D eigenvalue weighted by Crippen LogP contribution is -2.53. The molecule has 1 rings (SSSR count). The van der Waals surface area contributed by atoms with Gasteiger partial charge in [0.05, 0.1) is 6.42 Å². The van der Waals surface area contributed by atoms with Gasteiger partial charge in [0.15, 0.2) is 0 Å². The second-order valence-corrected chi connectivity index (χ2v) is 2.82. The van der Waals surface area contributed by atoms with Crippen LogP contribution in [0.15, 0.2) is 0 Å². The fourth-order valence-electron chi connectivity index (χ4n) is 1.24. The molecule has 7 heteroatoms. The van der Waals surface area contributed by atoms with Crippen LogP contribution in [0.25, 0.3) is 0 Å². The van der Waals surface area contributed by atoms with Gasteiger partial charge in [-0.25, -0.2) is 14.5 Å².